The average Bonchev–Trinajstić information content (AvgIpc) is 3.46. The molecule has 1 aliphatic heterocycles. The van der Waals surface area contributed by atoms with Crippen LogP contribution in [-0.2, 0) is 16.8 Å². The first-order valence-electron chi connectivity index (χ1n) is 12.5. The average molecular weight is 569 g/mol. The summed E-state index contributed by atoms with van der Waals surface area (Å²) in [5.41, 5.74) is 3.03. The van der Waals surface area contributed by atoms with E-state index in [1.54, 1.807) is 35.8 Å². The Bertz CT molecular complexity index is 2100. The van der Waals surface area contributed by atoms with Gasteiger partial charge in [-0.2, -0.15) is 8.42 Å². The predicted octanol–water partition coefficient (Wildman–Crippen LogP) is 2.07. The number of hydrogen-bond acceptors (Lipinski definition) is 7. The highest BCUT2D eigenvalue weighted by Crippen LogP contribution is 2.40. The molecule has 6 rings (SSSR count). The molecule has 41 heavy (non-hydrogen) atoms. The van der Waals surface area contributed by atoms with Crippen molar-refractivity contribution in [3.63, 3.8) is 0 Å². The number of terminal acetylenes is 1. The Labute approximate surface area is 234 Å². The number of anilines is 2. The number of carbonyl (C=O) groups is 1. The van der Waals surface area contributed by atoms with Crippen molar-refractivity contribution in [2.75, 3.05) is 16.7 Å². The molecule has 2 aromatic carbocycles. The Kier molecular flexibility index (Phi) is 6.02. The first-order chi connectivity index (χ1) is 19.6. The van der Waals surface area contributed by atoms with Gasteiger partial charge in [0.05, 0.1) is 17.1 Å². The van der Waals surface area contributed by atoms with Gasteiger partial charge in [-0.15, -0.1) is 11.5 Å². The molecule has 5 aromatic rings. The summed E-state index contributed by atoms with van der Waals surface area (Å²) < 4.78 is 28.6. The zero-order valence-corrected chi connectivity index (χ0v) is 22.8. The minimum atomic E-state index is -4.25. The summed E-state index contributed by atoms with van der Waals surface area (Å²) in [6, 6.07) is 13.6. The van der Waals surface area contributed by atoms with Gasteiger partial charge in [0.15, 0.2) is 11.5 Å². The fourth-order valence-corrected chi connectivity index (χ4v) is 5.86. The molecule has 12 nitrogen and oxygen atoms in total. The van der Waals surface area contributed by atoms with Gasteiger partial charge in [-0.05, 0) is 37.3 Å². The second kappa shape index (κ2) is 9.47. The topological polar surface area (TPSA) is 157 Å². The molecule has 0 fully saturated rings. The van der Waals surface area contributed by atoms with E-state index in [1.807, 2.05) is 36.2 Å². The number of pyridine rings is 1. The lowest BCUT2D eigenvalue weighted by molar-refractivity contribution is 0.0941. The summed E-state index contributed by atoms with van der Waals surface area (Å²) in [4.78, 5) is 34.2. The summed E-state index contributed by atoms with van der Waals surface area (Å²) in [7, 11) is -2.33. The SMILES string of the molecule is C#Cc1ccc2c3c(c([C@H](C)NC(=O)c4c(NS(N)(=O)=O)nn5cccnc45)n(-c4ccccc4)c(=O)c13)CN2C. The molecule has 4 heterocycles. The van der Waals surface area contributed by atoms with E-state index in [0.29, 0.717) is 28.9 Å². The van der Waals surface area contributed by atoms with E-state index in [0.717, 1.165) is 16.6 Å². The highest BCUT2D eigenvalue weighted by molar-refractivity contribution is 7.90. The molecule has 0 bridgehead atoms. The molecule has 1 aliphatic rings. The molecule has 0 radical (unpaired) electrons. The number of fused-ring (bicyclic) bond motifs is 1. The van der Waals surface area contributed by atoms with Crippen molar-refractivity contribution in [3.8, 4) is 18.0 Å². The molecule has 1 amide bonds. The van der Waals surface area contributed by atoms with Crippen molar-refractivity contribution < 1.29 is 13.2 Å². The summed E-state index contributed by atoms with van der Waals surface area (Å²) in [6.07, 6.45) is 8.79. The van der Waals surface area contributed by atoms with Crippen molar-refractivity contribution in [2.24, 2.45) is 5.14 Å². The fourth-order valence-electron chi connectivity index (χ4n) is 5.45. The first kappa shape index (κ1) is 26.1. The normalized spacial score (nSPS) is 13.4. The van der Waals surface area contributed by atoms with Crippen molar-refractivity contribution in [1.82, 2.24) is 24.5 Å². The maximum Gasteiger partial charge on any atom is 0.297 e. The van der Waals surface area contributed by atoms with Gasteiger partial charge < -0.3 is 10.2 Å². The summed E-state index contributed by atoms with van der Waals surface area (Å²) >= 11 is 0. The standard InChI is InChI=1S/C28H24N8O4S/c1-4-17-11-12-20-22-19(15-34(20)3)24(36(28(38)21(17)22)18-9-6-5-7-10-18)16(2)31-27(37)23-25(33-41(29,39)40)32-35-14-8-13-30-26(23)35/h1,5-14,16H,15H2,2-3H3,(H,31,37)(H,32,33)(H2,29,39,40)/t16-/m0/s1. The van der Waals surface area contributed by atoms with Crippen LogP contribution in [0.15, 0.2) is 65.7 Å². The number of nitrogens with zero attached hydrogens (tertiary/aromatic N) is 5. The predicted molar refractivity (Wildman–Crippen MR) is 155 cm³/mol. The Balaban J connectivity index is 1.56. The van der Waals surface area contributed by atoms with Crippen LogP contribution in [0.2, 0.25) is 0 Å². The molecule has 0 spiro atoms. The third-order valence-corrected chi connectivity index (χ3v) is 7.53. The van der Waals surface area contributed by atoms with Crippen LogP contribution in [0, 0.1) is 12.3 Å². The Hall–Kier alpha value is -5.19. The van der Waals surface area contributed by atoms with Crippen LogP contribution >= 0.6 is 0 Å². The minimum Gasteiger partial charge on any atom is -0.370 e. The third kappa shape index (κ3) is 4.26. The van der Waals surface area contributed by atoms with Crippen molar-refractivity contribution in [1.29, 1.82) is 0 Å². The molecule has 206 valence electrons. The zero-order chi connectivity index (χ0) is 29.1. The van der Waals surface area contributed by atoms with Crippen LogP contribution in [0.1, 0.15) is 40.1 Å². The lowest BCUT2D eigenvalue weighted by Crippen LogP contribution is -2.34. The molecule has 13 heteroatoms. The van der Waals surface area contributed by atoms with Gasteiger partial charge in [0.2, 0.25) is 0 Å². The lowest BCUT2D eigenvalue weighted by Gasteiger charge is -2.23. The van der Waals surface area contributed by atoms with Gasteiger partial charge >= 0.3 is 0 Å². The maximum absolute atomic E-state index is 14.2. The smallest absolute Gasteiger partial charge is 0.297 e. The number of rotatable bonds is 6. The highest BCUT2D eigenvalue weighted by atomic mass is 32.2. The van der Waals surface area contributed by atoms with E-state index >= 15 is 0 Å². The van der Waals surface area contributed by atoms with Crippen LogP contribution in [0.3, 0.4) is 0 Å². The Morgan fingerprint density at radius 2 is 1.90 bits per heavy atom. The van der Waals surface area contributed by atoms with Gasteiger partial charge in [-0.25, -0.2) is 14.6 Å². The molecule has 4 N–H and O–H groups in total. The number of nitrogens with two attached hydrogens (primary N) is 1. The summed E-state index contributed by atoms with van der Waals surface area (Å²) in [5.74, 6) is 1.70. The molecule has 3 aromatic heterocycles. The van der Waals surface area contributed by atoms with Crippen LogP contribution in [0.4, 0.5) is 11.5 Å². The van der Waals surface area contributed by atoms with E-state index in [2.05, 4.69) is 26.0 Å². The van der Waals surface area contributed by atoms with Crippen LogP contribution < -0.4 is 25.6 Å². The molecular formula is C28H24N8O4S. The number of carbonyl (C=O) groups excluding carboxylic acids is 1. The molecule has 0 aliphatic carbocycles. The van der Waals surface area contributed by atoms with E-state index in [-0.39, 0.29) is 22.6 Å². The Morgan fingerprint density at radius 3 is 2.61 bits per heavy atom. The highest BCUT2D eigenvalue weighted by Gasteiger charge is 2.32. The van der Waals surface area contributed by atoms with Gasteiger partial charge in [0.25, 0.3) is 21.7 Å². The quantitative estimate of drug-likeness (QED) is 0.265. The number of hydrogen-bond donors (Lipinski definition) is 3. The second-order valence-corrected chi connectivity index (χ2v) is 11.0. The number of nitrogens with one attached hydrogen (secondary N) is 2. The number of para-hydroxylation sites is 1. The lowest BCUT2D eigenvalue weighted by atomic mass is 9.97. The van der Waals surface area contributed by atoms with Crippen molar-refractivity contribution in [3.05, 3.63) is 93.7 Å². The molecule has 0 saturated carbocycles. The largest absolute Gasteiger partial charge is 0.370 e. The zero-order valence-electron chi connectivity index (χ0n) is 22.0. The molecule has 1 atom stereocenters. The van der Waals surface area contributed by atoms with Gasteiger partial charge in [0, 0.05) is 53.9 Å². The first-order valence-corrected chi connectivity index (χ1v) is 14.1. The van der Waals surface area contributed by atoms with Crippen LogP contribution in [0.25, 0.3) is 22.1 Å². The number of benzene rings is 2. The van der Waals surface area contributed by atoms with Gasteiger partial charge in [-0.3, -0.25) is 18.9 Å². The van der Waals surface area contributed by atoms with E-state index in [4.69, 9.17) is 11.6 Å². The summed E-state index contributed by atoms with van der Waals surface area (Å²) in [5, 5.41) is 13.4. The van der Waals surface area contributed by atoms with Gasteiger partial charge in [0.1, 0.15) is 5.56 Å². The van der Waals surface area contributed by atoms with E-state index in [1.165, 1.54) is 16.9 Å². The van der Waals surface area contributed by atoms with E-state index < -0.39 is 22.2 Å². The monoisotopic (exact) mass is 568 g/mol. The minimum absolute atomic E-state index is 0.118. The molecule has 0 unspecified atom stereocenters. The van der Waals surface area contributed by atoms with Crippen molar-refractivity contribution in [2.45, 2.75) is 19.5 Å². The number of aromatic nitrogens is 4. The number of amides is 1. The molecule has 0 saturated heterocycles. The summed E-state index contributed by atoms with van der Waals surface area (Å²) in [6.45, 7) is 2.22. The van der Waals surface area contributed by atoms with Crippen LogP contribution in [0.5, 0.6) is 0 Å². The van der Waals surface area contributed by atoms with Gasteiger partial charge in [-0.1, -0.05) is 24.1 Å². The maximum atomic E-state index is 14.2. The van der Waals surface area contributed by atoms with E-state index in [9.17, 15) is 18.0 Å². The Morgan fingerprint density at radius 1 is 1.15 bits per heavy atom. The van der Waals surface area contributed by atoms with Crippen molar-refractivity contribution >= 4 is 44.0 Å². The molecular weight excluding hydrogens is 544 g/mol. The van der Waals surface area contributed by atoms with Crippen LogP contribution in [-0.4, -0.2) is 40.5 Å². The third-order valence-electron chi connectivity index (χ3n) is 7.05. The fraction of sp³-hybridized carbons (Fsp3) is 0.143. The second-order valence-electron chi connectivity index (χ2n) is 9.68.